The largest absolute Gasteiger partial charge is 0.433 e. The number of rotatable bonds is 3. The molecule has 21 heavy (non-hydrogen) atoms. The van der Waals surface area contributed by atoms with E-state index >= 15 is 0 Å². The van der Waals surface area contributed by atoms with Crippen LogP contribution in [0.2, 0.25) is 0 Å². The third-order valence-corrected chi connectivity index (χ3v) is 3.71. The van der Waals surface area contributed by atoms with E-state index in [0.717, 1.165) is 11.3 Å². The van der Waals surface area contributed by atoms with Gasteiger partial charge < -0.3 is 10.3 Å². The molecule has 0 atom stereocenters. The minimum atomic E-state index is -0.661. The van der Waals surface area contributed by atoms with Gasteiger partial charge in [0.05, 0.1) is 16.3 Å². The van der Waals surface area contributed by atoms with E-state index in [0.29, 0.717) is 15.2 Å². The van der Waals surface area contributed by atoms with Crippen LogP contribution >= 0.6 is 11.3 Å². The predicted octanol–water partition coefficient (Wildman–Crippen LogP) is 2.65. The smallest absolute Gasteiger partial charge is 0.399 e. The van der Waals surface area contributed by atoms with Crippen molar-refractivity contribution in [3.8, 4) is 0 Å². The fraction of sp³-hybridized carbons (Fsp3) is 0. The van der Waals surface area contributed by atoms with Gasteiger partial charge in [-0.3, -0.25) is 10.1 Å². The first-order chi connectivity index (χ1) is 10.1. The fourth-order valence-electron chi connectivity index (χ4n) is 1.78. The van der Waals surface area contributed by atoms with E-state index < -0.39 is 10.8 Å². The second-order valence-electron chi connectivity index (χ2n) is 4.00. The van der Waals surface area contributed by atoms with Gasteiger partial charge in [0.25, 0.3) is 0 Å². The summed E-state index contributed by atoms with van der Waals surface area (Å²) in [5.74, 6) is 4.66. The van der Waals surface area contributed by atoms with Gasteiger partial charge in [-0.25, -0.2) is 9.37 Å². The number of fused-ring (bicyclic) bond motifs is 1. The normalized spacial score (nSPS) is 12.0. The highest BCUT2D eigenvalue weighted by atomic mass is 32.1. The lowest BCUT2D eigenvalue weighted by atomic mass is 10.3. The zero-order valence-corrected chi connectivity index (χ0v) is 11.1. The van der Waals surface area contributed by atoms with E-state index in [-0.39, 0.29) is 17.3 Å². The Morgan fingerprint density at radius 2 is 2.24 bits per heavy atom. The molecule has 106 valence electrons. The number of hydrogen-bond donors (Lipinski definition) is 1. The molecule has 3 aromatic rings. The maximum Gasteiger partial charge on any atom is 0.433 e. The van der Waals surface area contributed by atoms with Crippen molar-refractivity contribution in [2.45, 2.75) is 0 Å². The van der Waals surface area contributed by atoms with Gasteiger partial charge in [-0.2, -0.15) is 5.10 Å². The Morgan fingerprint density at radius 1 is 1.43 bits per heavy atom. The highest BCUT2D eigenvalue weighted by Gasteiger charge is 2.20. The number of furan rings is 1. The van der Waals surface area contributed by atoms with Crippen LogP contribution < -0.4 is 5.84 Å². The number of aromatic nitrogens is 1. The summed E-state index contributed by atoms with van der Waals surface area (Å²) in [4.78, 5) is 14.2. The first-order valence-electron chi connectivity index (χ1n) is 5.67. The summed E-state index contributed by atoms with van der Waals surface area (Å²) in [6.07, 6.45) is 0. The molecule has 0 amide bonds. The molecule has 0 bridgehead atoms. The van der Waals surface area contributed by atoms with Crippen molar-refractivity contribution in [3.05, 3.63) is 57.0 Å². The van der Waals surface area contributed by atoms with E-state index in [2.05, 4.69) is 10.1 Å². The van der Waals surface area contributed by atoms with Gasteiger partial charge in [-0.05, 0) is 24.3 Å². The number of nitrogens with two attached hydrogens (primary N) is 1. The fourth-order valence-corrected chi connectivity index (χ4v) is 2.77. The summed E-state index contributed by atoms with van der Waals surface area (Å²) in [5, 5.41) is 14.6. The maximum absolute atomic E-state index is 13.2. The molecular weight excluding hydrogens is 299 g/mol. The molecule has 0 radical (unpaired) electrons. The number of benzene rings is 1. The lowest BCUT2D eigenvalue weighted by molar-refractivity contribution is -0.402. The lowest BCUT2D eigenvalue weighted by Crippen LogP contribution is -2.04. The first kappa shape index (κ1) is 13.2. The average Bonchev–Trinajstić information content (AvgIpc) is 3.06. The molecule has 0 aliphatic rings. The van der Waals surface area contributed by atoms with Crippen LogP contribution in [-0.4, -0.2) is 15.6 Å². The zero-order chi connectivity index (χ0) is 15.0. The Balaban J connectivity index is 2.07. The number of thiazole rings is 1. The van der Waals surface area contributed by atoms with Crippen LogP contribution in [0.4, 0.5) is 10.3 Å². The highest BCUT2D eigenvalue weighted by Crippen LogP contribution is 2.26. The Bertz CT molecular complexity index is 870. The van der Waals surface area contributed by atoms with E-state index in [1.165, 1.54) is 30.3 Å². The molecule has 3 rings (SSSR count). The van der Waals surface area contributed by atoms with E-state index in [9.17, 15) is 14.5 Å². The van der Waals surface area contributed by atoms with Crippen molar-refractivity contribution in [2.75, 3.05) is 0 Å². The van der Waals surface area contributed by atoms with Gasteiger partial charge in [0.2, 0.25) is 0 Å². The molecule has 0 aliphatic carbocycles. The van der Waals surface area contributed by atoms with E-state index in [1.54, 1.807) is 0 Å². The standard InChI is InChI=1S/C12H7FN4O3S/c13-6-1-2-7-9(5-6)21-12(15-7)11(16-14)8-3-4-10(20-8)17(18)19/h1-5H,14H2. The minimum absolute atomic E-state index is 0.128. The number of hydrogen-bond acceptors (Lipinski definition) is 7. The molecular formula is C12H7FN4O3S. The van der Waals surface area contributed by atoms with Gasteiger partial charge in [0, 0.05) is 0 Å². The number of nitrogens with zero attached hydrogens (tertiary/aromatic N) is 3. The van der Waals surface area contributed by atoms with Crippen molar-refractivity contribution in [1.82, 2.24) is 4.98 Å². The first-order valence-corrected chi connectivity index (χ1v) is 6.49. The van der Waals surface area contributed by atoms with Crippen LogP contribution in [0.1, 0.15) is 10.8 Å². The Labute approximate surface area is 120 Å². The Kier molecular flexibility index (Phi) is 3.10. The second kappa shape index (κ2) is 4.94. The highest BCUT2D eigenvalue weighted by molar-refractivity contribution is 7.20. The molecule has 7 nitrogen and oxygen atoms in total. The molecule has 0 spiro atoms. The van der Waals surface area contributed by atoms with Crippen LogP contribution in [0.15, 0.2) is 39.9 Å². The van der Waals surface area contributed by atoms with Gasteiger partial charge in [-0.15, -0.1) is 11.3 Å². The van der Waals surface area contributed by atoms with Crippen molar-refractivity contribution < 1.29 is 13.7 Å². The van der Waals surface area contributed by atoms with E-state index in [1.807, 2.05) is 0 Å². The van der Waals surface area contributed by atoms with Gasteiger partial charge in [0.15, 0.2) is 11.5 Å². The van der Waals surface area contributed by atoms with Gasteiger partial charge in [0.1, 0.15) is 15.7 Å². The molecule has 0 fully saturated rings. The second-order valence-corrected chi connectivity index (χ2v) is 5.03. The molecule has 2 aromatic heterocycles. The van der Waals surface area contributed by atoms with Crippen LogP contribution in [0.3, 0.4) is 0 Å². The number of nitro groups is 1. The topological polar surface area (TPSA) is 108 Å². The molecule has 0 aliphatic heterocycles. The monoisotopic (exact) mass is 306 g/mol. The summed E-state index contributed by atoms with van der Waals surface area (Å²) < 4.78 is 18.8. The van der Waals surface area contributed by atoms with Gasteiger partial charge in [-0.1, -0.05) is 0 Å². The van der Waals surface area contributed by atoms with E-state index in [4.69, 9.17) is 10.3 Å². The van der Waals surface area contributed by atoms with Crippen molar-refractivity contribution in [3.63, 3.8) is 0 Å². The van der Waals surface area contributed by atoms with Crippen LogP contribution in [-0.2, 0) is 0 Å². The number of halogens is 1. The molecule has 1 aromatic carbocycles. The third kappa shape index (κ3) is 2.34. The predicted molar refractivity (Wildman–Crippen MR) is 74.8 cm³/mol. The van der Waals surface area contributed by atoms with Crippen LogP contribution in [0, 0.1) is 15.9 Å². The molecule has 0 saturated heterocycles. The van der Waals surface area contributed by atoms with Crippen molar-refractivity contribution in [2.24, 2.45) is 10.9 Å². The van der Waals surface area contributed by atoms with Crippen molar-refractivity contribution in [1.29, 1.82) is 0 Å². The Morgan fingerprint density at radius 3 is 2.90 bits per heavy atom. The lowest BCUT2D eigenvalue weighted by Gasteiger charge is -1.95. The van der Waals surface area contributed by atoms with Crippen LogP contribution in [0.25, 0.3) is 10.2 Å². The SMILES string of the molecule is NN=C(c1ccc([N+](=O)[O-])o1)c1nc2ccc(F)cc2s1. The molecule has 2 N–H and O–H groups in total. The number of hydrazone groups is 1. The summed E-state index contributed by atoms with van der Waals surface area (Å²) in [7, 11) is 0. The summed E-state index contributed by atoms with van der Waals surface area (Å²) in [6.45, 7) is 0. The third-order valence-electron chi connectivity index (χ3n) is 2.69. The Hall–Kier alpha value is -2.81. The van der Waals surface area contributed by atoms with Crippen molar-refractivity contribution >= 4 is 33.1 Å². The molecule has 0 unspecified atom stereocenters. The summed E-state index contributed by atoms with van der Waals surface area (Å²) >= 11 is 1.16. The molecule has 0 saturated carbocycles. The average molecular weight is 306 g/mol. The molecule has 9 heteroatoms. The van der Waals surface area contributed by atoms with Crippen LogP contribution in [0.5, 0.6) is 0 Å². The van der Waals surface area contributed by atoms with Gasteiger partial charge >= 0.3 is 5.88 Å². The summed E-state index contributed by atoms with van der Waals surface area (Å²) in [5.41, 5.74) is 0.753. The zero-order valence-electron chi connectivity index (χ0n) is 10.3. The molecule has 2 heterocycles. The summed E-state index contributed by atoms with van der Waals surface area (Å²) in [6, 6.07) is 6.76. The maximum atomic E-state index is 13.2. The minimum Gasteiger partial charge on any atom is -0.399 e. The quantitative estimate of drug-likeness (QED) is 0.346.